The minimum Gasteiger partial charge on any atom is -0.311 e. The topological polar surface area (TPSA) is 31.4 Å². The van der Waals surface area contributed by atoms with Gasteiger partial charge < -0.3 is 15.1 Å². The van der Waals surface area contributed by atoms with Crippen molar-refractivity contribution < 1.29 is 0 Å². The summed E-state index contributed by atoms with van der Waals surface area (Å²) in [5, 5.41) is 3.45. The molecule has 4 heteroatoms. The van der Waals surface area contributed by atoms with Gasteiger partial charge in [0, 0.05) is 38.9 Å². The fourth-order valence-electron chi connectivity index (χ4n) is 2.22. The maximum Gasteiger partial charge on any atom is 0.0541 e. The van der Waals surface area contributed by atoms with Crippen LogP contribution in [0.5, 0.6) is 0 Å². The van der Waals surface area contributed by atoms with E-state index in [1.165, 1.54) is 39.1 Å². The minimum absolute atomic E-state index is 0.879. The molecule has 0 bridgehead atoms. The van der Waals surface area contributed by atoms with E-state index < -0.39 is 0 Å². The first-order chi connectivity index (χ1) is 8.84. The Bertz CT molecular complexity index is 320. The van der Waals surface area contributed by atoms with E-state index in [2.05, 4.69) is 33.2 Å². The van der Waals surface area contributed by atoms with Crippen molar-refractivity contribution in [2.45, 2.75) is 13.0 Å². The maximum atomic E-state index is 4.30. The van der Waals surface area contributed by atoms with E-state index >= 15 is 0 Å². The summed E-state index contributed by atoms with van der Waals surface area (Å²) in [5.74, 6) is 0. The molecule has 1 fully saturated rings. The molecule has 0 spiro atoms. The average Bonchev–Trinajstić information content (AvgIpc) is 2.42. The van der Waals surface area contributed by atoms with Gasteiger partial charge in [0.2, 0.25) is 0 Å². The van der Waals surface area contributed by atoms with Gasteiger partial charge in [0.05, 0.1) is 5.69 Å². The lowest BCUT2D eigenvalue weighted by Crippen LogP contribution is -2.45. The van der Waals surface area contributed by atoms with Gasteiger partial charge in [-0.05, 0) is 38.7 Å². The van der Waals surface area contributed by atoms with E-state index in [4.69, 9.17) is 0 Å². The molecule has 1 aliphatic rings. The quantitative estimate of drug-likeness (QED) is 0.755. The van der Waals surface area contributed by atoms with Crippen LogP contribution in [0, 0.1) is 0 Å². The van der Waals surface area contributed by atoms with Crippen LogP contribution in [0.25, 0.3) is 0 Å². The van der Waals surface area contributed by atoms with Gasteiger partial charge in [0.15, 0.2) is 0 Å². The van der Waals surface area contributed by atoms with Crippen molar-refractivity contribution in [1.29, 1.82) is 0 Å². The lowest BCUT2D eigenvalue weighted by atomic mass is 10.3. The van der Waals surface area contributed by atoms with Gasteiger partial charge >= 0.3 is 0 Å². The Hall–Kier alpha value is -0.970. The fourth-order valence-corrected chi connectivity index (χ4v) is 2.22. The van der Waals surface area contributed by atoms with Crippen molar-refractivity contribution in [3.63, 3.8) is 0 Å². The molecule has 18 heavy (non-hydrogen) atoms. The molecule has 0 radical (unpaired) electrons. The zero-order valence-corrected chi connectivity index (χ0v) is 11.3. The molecular weight excluding hydrogens is 224 g/mol. The summed E-state index contributed by atoms with van der Waals surface area (Å²) < 4.78 is 0. The van der Waals surface area contributed by atoms with Crippen molar-refractivity contribution in [3.8, 4) is 0 Å². The molecular formula is C14H24N4. The standard InChI is InChI=1S/C14H24N4/c1-17-9-11-18(12-10-17)8-4-6-15-13-14-5-2-3-7-16-14/h2-3,5,7,15H,4,6,8-13H2,1H3. The summed E-state index contributed by atoms with van der Waals surface area (Å²) in [7, 11) is 2.20. The zero-order chi connectivity index (χ0) is 12.6. The highest BCUT2D eigenvalue weighted by molar-refractivity contribution is 5.02. The summed E-state index contributed by atoms with van der Waals surface area (Å²) in [4.78, 5) is 9.25. The highest BCUT2D eigenvalue weighted by atomic mass is 15.2. The van der Waals surface area contributed by atoms with E-state index in [0.29, 0.717) is 0 Å². The van der Waals surface area contributed by atoms with Crippen LogP contribution in [0.15, 0.2) is 24.4 Å². The minimum atomic E-state index is 0.879. The maximum absolute atomic E-state index is 4.30. The second kappa shape index (κ2) is 7.46. The third-order valence-corrected chi connectivity index (χ3v) is 3.46. The van der Waals surface area contributed by atoms with Crippen LogP contribution < -0.4 is 5.32 Å². The Morgan fingerprint density at radius 1 is 1.22 bits per heavy atom. The number of hydrogen-bond acceptors (Lipinski definition) is 4. The van der Waals surface area contributed by atoms with Crippen LogP contribution in [0.2, 0.25) is 0 Å². The Morgan fingerprint density at radius 3 is 2.78 bits per heavy atom. The summed E-state index contributed by atoms with van der Waals surface area (Å²) in [5.41, 5.74) is 1.12. The van der Waals surface area contributed by atoms with Crippen LogP contribution in [0.3, 0.4) is 0 Å². The normalized spacial score (nSPS) is 18.1. The number of piperazine rings is 1. The summed E-state index contributed by atoms with van der Waals surface area (Å²) >= 11 is 0. The number of likely N-dealkylation sites (N-methyl/N-ethyl adjacent to an activating group) is 1. The van der Waals surface area contributed by atoms with Gasteiger partial charge in [-0.3, -0.25) is 4.98 Å². The van der Waals surface area contributed by atoms with Crippen molar-refractivity contribution in [1.82, 2.24) is 20.1 Å². The van der Waals surface area contributed by atoms with Crippen LogP contribution in [0.4, 0.5) is 0 Å². The van der Waals surface area contributed by atoms with E-state index in [9.17, 15) is 0 Å². The molecule has 0 aliphatic carbocycles. The summed E-state index contributed by atoms with van der Waals surface area (Å²) in [6, 6.07) is 6.05. The Balaban J connectivity index is 1.51. The van der Waals surface area contributed by atoms with E-state index in [-0.39, 0.29) is 0 Å². The molecule has 100 valence electrons. The molecule has 1 N–H and O–H groups in total. The molecule has 0 atom stereocenters. The van der Waals surface area contributed by atoms with E-state index in [1.807, 2.05) is 18.3 Å². The third kappa shape index (κ3) is 4.72. The Kier molecular flexibility index (Phi) is 5.58. The van der Waals surface area contributed by atoms with Crippen LogP contribution >= 0.6 is 0 Å². The van der Waals surface area contributed by atoms with Gasteiger partial charge in [-0.15, -0.1) is 0 Å². The Labute approximate surface area is 110 Å². The molecule has 1 aromatic rings. The molecule has 0 amide bonds. The van der Waals surface area contributed by atoms with E-state index in [1.54, 1.807) is 0 Å². The number of pyridine rings is 1. The predicted octanol–water partition coefficient (Wildman–Crippen LogP) is 0.809. The molecule has 0 saturated carbocycles. The second-order valence-electron chi connectivity index (χ2n) is 5.00. The van der Waals surface area contributed by atoms with Gasteiger partial charge in [-0.1, -0.05) is 6.07 Å². The number of aromatic nitrogens is 1. The van der Waals surface area contributed by atoms with Crippen molar-refractivity contribution in [2.24, 2.45) is 0 Å². The first-order valence-electron chi connectivity index (χ1n) is 6.86. The highest BCUT2D eigenvalue weighted by Gasteiger charge is 2.12. The Morgan fingerprint density at radius 2 is 2.06 bits per heavy atom. The van der Waals surface area contributed by atoms with Gasteiger partial charge in [-0.25, -0.2) is 0 Å². The highest BCUT2D eigenvalue weighted by Crippen LogP contribution is 1.99. The van der Waals surface area contributed by atoms with Crippen molar-refractivity contribution in [2.75, 3.05) is 46.3 Å². The SMILES string of the molecule is CN1CCN(CCCNCc2ccccn2)CC1. The monoisotopic (exact) mass is 248 g/mol. The van der Waals surface area contributed by atoms with E-state index in [0.717, 1.165) is 18.8 Å². The van der Waals surface area contributed by atoms with Gasteiger partial charge in [0.25, 0.3) is 0 Å². The fraction of sp³-hybridized carbons (Fsp3) is 0.643. The largest absolute Gasteiger partial charge is 0.311 e. The average molecular weight is 248 g/mol. The first-order valence-corrected chi connectivity index (χ1v) is 6.86. The molecule has 1 saturated heterocycles. The number of nitrogens with one attached hydrogen (secondary N) is 1. The van der Waals surface area contributed by atoms with Crippen LogP contribution in [-0.4, -0.2) is 61.1 Å². The summed E-state index contributed by atoms with van der Waals surface area (Å²) in [6.07, 6.45) is 3.07. The number of nitrogens with zero attached hydrogens (tertiary/aromatic N) is 3. The van der Waals surface area contributed by atoms with Crippen molar-refractivity contribution >= 4 is 0 Å². The molecule has 2 heterocycles. The molecule has 4 nitrogen and oxygen atoms in total. The molecule has 2 rings (SSSR count). The second-order valence-corrected chi connectivity index (χ2v) is 5.00. The van der Waals surface area contributed by atoms with Gasteiger partial charge in [-0.2, -0.15) is 0 Å². The lowest BCUT2D eigenvalue weighted by Gasteiger charge is -2.32. The molecule has 1 aromatic heterocycles. The van der Waals surface area contributed by atoms with Crippen molar-refractivity contribution in [3.05, 3.63) is 30.1 Å². The predicted molar refractivity (Wildman–Crippen MR) is 74.5 cm³/mol. The van der Waals surface area contributed by atoms with Gasteiger partial charge in [0.1, 0.15) is 0 Å². The number of rotatable bonds is 6. The summed E-state index contributed by atoms with van der Waals surface area (Å²) in [6.45, 7) is 8.02. The lowest BCUT2D eigenvalue weighted by molar-refractivity contribution is 0.152. The smallest absolute Gasteiger partial charge is 0.0541 e. The first kappa shape index (κ1) is 13.5. The molecule has 1 aliphatic heterocycles. The zero-order valence-electron chi connectivity index (χ0n) is 11.3. The number of hydrogen-bond donors (Lipinski definition) is 1. The molecule has 0 unspecified atom stereocenters. The third-order valence-electron chi connectivity index (χ3n) is 3.46. The van der Waals surface area contributed by atoms with Crippen LogP contribution in [0.1, 0.15) is 12.1 Å². The van der Waals surface area contributed by atoms with Crippen LogP contribution in [-0.2, 0) is 6.54 Å². The molecule has 0 aromatic carbocycles.